The Bertz CT molecular complexity index is 1950. The van der Waals surface area contributed by atoms with Gasteiger partial charge < -0.3 is 109 Å². The van der Waals surface area contributed by atoms with Crippen molar-refractivity contribution in [3.05, 3.63) is 23.3 Å². The Morgan fingerprint density at radius 1 is 0.597 bits per heavy atom. The van der Waals surface area contributed by atoms with Crippen molar-refractivity contribution in [3.8, 4) is 0 Å². The lowest BCUT2D eigenvalue weighted by Gasteiger charge is -2.57. The van der Waals surface area contributed by atoms with E-state index in [1.54, 1.807) is 0 Å². The first kappa shape index (κ1) is 54.0. The summed E-state index contributed by atoms with van der Waals surface area (Å²) >= 11 is 0. The molecule has 0 bridgehead atoms. The van der Waals surface area contributed by atoms with Crippen molar-refractivity contribution >= 4 is 0 Å². The maximum atomic E-state index is 11.8. The first-order chi connectivity index (χ1) is 34.3. The molecule has 72 heavy (non-hydrogen) atoms. The van der Waals surface area contributed by atoms with E-state index < -0.39 is 155 Å². The number of rotatable bonds is 11. The lowest BCUT2D eigenvalue weighted by Crippen LogP contribution is -2.68. The SMILES string of the molecule is C[C@H]1CC[C@@]2(OC1)O[C@@H]1C=C3[C@@H]4CC=C5C[C@@H](O[C@@H]6O[C@H](CO)[C@H](O[C@@H]7O[C@H](CO)[C@@H](O)[C@H](O[C@@H]8OC[C@@H](O)[C@H](O)[C@H]8O)[C@H]7O[C@@H]7O[C@H](CO)[C@@H](O)[C@H](O)[C@H]7O)[C@H](O)[C@H]6O)CC[C@]5(C)[C@@H]4CC[C@]3(C)[C@H]1[C@@H]2C. The Kier molecular flexibility index (Phi) is 15.6. The summed E-state index contributed by atoms with van der Waals surface area (Å²) in [6, 6.07) is 0. The summed E-state index contributed by atoms with van der Waals surface area (Å²) < 4.78 is 61.2. The second-order valence-electron chi connectivity index (χ2n) is 23.0. The first-order valence-corrected chi connectivity index (χ1v) is 26.2. The maximum Gasteiger partial charge on any atom is 0.187 e. The third-order valence-electron chi connectivity index (χ3n) is 18.8. The van der Waals surface area contributed by atoms with Gasteiger partial charge in [0.1, 0.15) is 91.6 Å². The van der Waals surface area contributed by atoms with Crippen molar-refractivity contribution in [1.29, 1.82) is 0 Å². The van der Waals surface area contributed by atoms with Crippen LogP contribution in [-0.2, 0) is 47.4 Å². The third kappa shape index (κ3) is 9.10. The van der Waals surface area contributed by atoms with Gasteiger partial charge in [-0.2, -0.15) is 0 Å². The molecule has 2 saturated carbocycles. The average Bonchev–Trinajstić information content (AvgIpc) is 3.82. The number of hydrogen-bond acceptors (Lipinski definition) is 22. The van der Waals surface area contributed by atoms with Gasteiger partial charge in [-0.15, -0.1) is 0 Å². The van der Waals surface area contributed by atoms with Gasteiger partial charge in [0.05, 0.1) is 45.2 Å². The van der Waals surface area contributed by atoms with Crippen molar-refractivity contribution in [1.82, 2.24) is 0 Å². The molecule has 22 nitrogen and oxygen atoms in total. The van der Waals surface area contributed by atoms with Gasteiger partial charge in [0.15, 0.2) is 30.9 Å². The zero-order valence-corrected chi connectivity index (χ0v) is 41.3. The van der Waals surface area contributed by atoms with Crippen LogP contribution in [0.15, 0.2) is 23.3 Å². The predicted octanol–water partition coefficient (Wildman–Crippen LogP) is -2.43. The Labute approximate surface area is 418 Å². The van der Waals surface area contributed by atoms with Crippen LogP contribution in [0, 0.1) is 40.4 Å². The van der Waals surface area contributed by atoms with Gasteiger partial charge in [0.25, 0.3) is 0 Å². The van der Waals surface area contributed by atoms with Crippen LogP contribution in [0.3, 0.4) is 0 Å². The van der Waals surface area contributed by atoms with Gasteiger partial charge >= 0.3 is 0 Å². The van der Waals surface area contributed by atoms with Crippen molar-refractivity contribution in [3.63, 3.8) is 0 Å². The fourth-order valence-electron chi connectivity index (χ4n) is 14.5. The predicted molar refractivity (Wildman–Crippen MR) is 242 cm³/mol. The van der Waals surface area contributed by atoms with Crippen LogP contribution in [-0.4, -0.2) is 229 Å². The largest absolute Gasteiger partial charge is 0.394 e. The summed E-state index contributed by atoms with van der Waals surface area (Å²) in [7, 11) is 0. The molecular formula is C50H78O22. The molecule has 410 valence electrons. The molecule has 0 radical (unpaired) electrons. The van der Waals surface area contributed by atoms with E-state index in [0.717, 1.165) is 45.1 Å². The van der Waals surface area contributed by atoms with Crippen LogP contribution < -0.4 is 0 Å². The molecule has 0 amide bonds. The highest BCUT2D eigenvalue weighted by Crippen LogP contribution is 2.69. The number of ether oxygens (including phenoxy) is 10. The van der Waals surface area contributed by atoms with Crippen molar-refractivity contribution in [2.24, 2.45) is 40.4 Å². The van der Waals surface area contributed by atoms with Gasteiger partial charge in [-0.25, -0.2) is 0 Å². The Morgan fingerprint density at radius 3 is 1.93 bits per heavy atom. The van der Waals surface area contributed by atoms with E-state index in [1.165, 1.54) is 11.1 Å². The fraction of sp³-hybridized carbons (Fsp3) is 0.920. The molecule has 6 aliphatic heterocycles. The molecule has 0 aromatic heterocycles. The molecule has 12 N–H and O–H groups in total. The topological polar surface area (TPSA) is 335 Å². The summed E-state index contributed by atoms with van der Waals surface area (Å²) in [5.41, 5.74) is 2.76. The van der Waals surface area contributed by atoms with Crippen molar-refractivity contribution in [2.45, 2.75) is 214 Å². The van der Waals surface area contributed by atoms with E-state index in [0.29, 0.717) is 36.5 Å². The van der Waals surface area contributed by atoms with Crippen LogP contribution in [0.4, 0.5) is 0 Å². The average molecular weight is 1030 g/mol. The number of aliphatic hydroxyl groups excluding tert-OH is 12. The molecule has 0 unspecified atom stereocenters. The molecule has 22 heteroatoms. The van der Waals surface area contributed by atoms with Crippen molar-refractivity contribution < 1.29 is 109 Å². The smallest absolute Gasteiger partial charge is 0.187 e. The molecule has 1 spiro atoms. The van der Waals surface area contributed by atoms with Gasteiger partial charge in [-0.1, -0.05) is 51.0 Å². The van der Waals surface area contributed by atoms with E-state index >= 15 is 0 Å². The molecule has 0 aromatic rings. The minimum Gasteiger partial charge on any atom is -0.394 e. The molecule has 10 aliphatic rings. The Hall–Kier alpha value is -1.40. The van der Waals surface area contributed by atoms with Gasteiger partial charge in [0.2, 0.25) is 0 Å². The molecule has 6 heterocycles. The third-order valence-corrected chi connectivity index (χ3v) is 18.8. The first-order valence-electron chi connectivity index (χ1n) is 26.2. The van der Waals surface area contributed by atoms with E-state index in [-0.39, 0.29) is 22.9 Å². The zero-order chi connectivity index (χ0) is 51.3. The van der Waals surface area contributed by atoms with E-state index in [9.17, 15) is 61.3 Å². The maximum absolute atomic E-state index is 11.8. The molecule has 8 fully saturated rings. The Morgan fingerprint density at radius 2 is 1.22 bits per heavy atom. The summed E-state index contributed by atoms with van der Waals surface area (Å²) in [5.74, 6) is 1.51. The molecule has 4 aliphatic carbocycles. The summed E-state index contributed by atoms with van der Waals surface area (Å²) in [6.45, 7) is 7.11. The number of fused-ring (bicyclic) bond motifs is 7. The lowest BCUT2D eigenvalue weighted by molar-refractivity contribution is -0.403. The van der Waals surface area contributed by atoms with Crippen LogP contribution in [0.25, 0.3) is 0 Å². The van der Waals surface area contributed by atoms with Gasteiger partial charge in [0, 0.05) is 18.3 Å². The second kappa shape index (κ2) is 20.8. The molecule has 0 aromatic carbocycles. The second-order valence-corrected chi connectivity index (χ2v) is 23.0. The monoisotopic (exact) mass is 1030 g/mol. The Balaban J connectivity index is 0.833. The van der Waals surface area contributed by atoms with Crippen LogP contribution in [0.1, 0.15) is 79.1 Å². The van der Waals surface area contributed by atoms with Crippen molar-refractivity contribution in [2.75, 3.05) is 33.0 Å². The molecule has 6 saturated heterocycles. The van der Waals surface area contributed by atoms with E-state index in [4.69, 9.17) is 47.4 Å². The minimum absolute atomic E-state index is 0.0329. The van der Waals surface area contributed by atoms with Gasteiger partial charge in [-0.3, -0.25) is 0 Å². The molecule has 29 atom stereocenters. The summed E-state index contributed by atoms with van der Waals surface area (Å²) in [4.78, 5) is 0. The van der Waals surface area contributed by atoms with E-state index in [1.807, 2.05) is 0 Å². The highest BCUT2D eigenvalue weighted by atomic mass is 16.8. The number of allylic oxidation sites excluding steroid dienone is 2. The zero-order valence-electron chi connectivity index (χ0n) is 41.3. The quantitative estimate of drug-likeness (QED) is 0.0958. The normalized spacial score (nSPS) is 55.6. The summed E-state index contributed by atoms with van der Waals surface area (Å²) in [5, 5.41) is 129. The highest BCUT2D eigenvalue weighted by Gasteiger charge is 2.66. The van der Waals surface area contributed by atoms with Crippen LogP contribution in [0.5, 0.6) is 0 Å². The molecular weight excluding hydrogens is 953 g/mol. The number of aliphatic hydroxyl groups is 12. The summed E-state index contributed by atoms with van der Waals surface area (Å²) in [6.07, 6.45) is -21.5. The fourth-order valence-corrected chi connectivity index (χ4v) is 14.5. The standard InChI is InChI=1S/C50H78O22/c1-20-7-12-50(64-18-20)21(2)32-28(72-50)14-26-24-6-5-22-13-23(8-10-48(22,3)25(24)9-11-49(26,32)4)65-45-40(62)37(59)41(31(17-53)68-45)69-47-43(71-46-39(61)36(58)34(56)29(15-51)66-46)42(35(57)30(16-52)67-47)70-44-38(60)33(55)27(54)19-63-44/h5,14,20-21,23-25,27-47,51-62H,6-13,15-19H2,1-4H3/t20-,21-,23-,24+,25+,27+,28+,29+,30+,31+,32-,33-,34+,35+,36-,37+,38+,39+,40+,41-,42-,43+,44-,45+,46-,47-,48-,49-,50+/m0/s1. The van der Waals surface area contributed by atoms with Crippen LogP contribution in [0.2, 0.25) is 0 Å². The highest BCUT2D eigenvalue weighted by molar-refractivity contribution is 5.38. The van der Waals surface area contributed by atoms with E-state index in [2.05, 4.69) is 39.8 Å². The van der Waals surface area contributed by atoms with Gasteiger partial charge in [-0.05, 0) is 73.5 Å². The molecule has 10 rings (SSSR count). The minimum atomic E-state index is -2.00. The number of hydrogen-bond donors (Lipinski definition) is 12. The van der Waals surface area contributed by atoms with Crippen LogP contribution >= 0.6 is 0 Å². The lowest BCUT2D eigenvalue weighted by atomic mass is 9.48.